The number of pyridine rings is 1. The van der Waals surface area contributed by atoms with E-state index in [0.717, 1.165) is 40.4 Å². The Bertz CT molecular complexity index is 997. The molecule has 1 aromatic heterocycles. The Morgan fingerprint density at radius 2 is 2.16 bits per heavy atom. The number of aromatic nitrogens is 1. The monoisotopic (exact) mass is 434 g/mol. The van der Waals surface area contributed by atoms with Gasteiger partial charge in [-0.25, -0.2) is 4.98 Å². The minimum absolute atomic E-state index is 0.0686. The Morgan fingerprint density at radius 1 is 1.34 bits per heavy atom. The van der Waals surface area contributed by atoms with Crippen molar-refractivity contribution in [2.75, 3.05) is 25.5 Å². The molecule has 0 saturated heterocycles. The second kappa shape index (κ2) is 11.0. The normalized spacial score (nSPS) is 13.6. The molecule has 0 aliphatic carbocycles. The molecule has 1 aromatic carbocycles. The van der Waals surface area contributed by atoms with Gasteiger partial charge in [0.25, 0.3) is 0 Å². The van der Waals surface area contributed by atoms with Gasteiger partial charge in [0, 0.05) is 55.8 Å². The fourth-order valence-electron chi connectivity index (χ4n) is 3.62. The van der Waals surface area contributed by atoms with Gasteiger partial charge in [-0.3, -0.25) is 4.79 Å². The van der Waals surface area contributed by atoms with Crippen molar-refractivity contribution in [2.45, 2.75) is 46.2 Å². The summed E-state index contributed by atoms with van der Waals surface area (Å²) in [5.74, 6) is 2.00. The minimum Gasteiger partial charge on any atom is -0.493 e. The summed E-state index contributed by atoms with van der Waals surface area (Å²) in [7, 11) is 1.81. The number of hydrogen-bond acceptors (Lipinski definition) is 5. The molecule has 1 aliphatic heterocycles. The van der Waals surface area contributed by atoms with Crippen LogP contribution in [0, 0.1) is 0 Å². The van der Waals surface area contributed by atoms with Gasteiger partial charge in [-0.05, 0) is 35.6 Å². The molecule has 170 valence electrons. The quantitative estimate of drug-likeness (QED) is 0.590. The summed E-state index contributed by atoms with van der Waals surface area (Å²) < 4.78 is 6.08. The Labute approximate surface area is 191 Å². The van der Waals surface area contributed by atoms with E-state index >= 15 is 0 Å². The van der Waals surface area contributed by atoms with Gasteiger partial charge in [0.15, 0.2) is 0 Å². The second-order valence-corrected chi connectivity index (χ2v) is 8.47. The number of ether oxygens (including phenoxy) is 1. The van der Waals surface area contributed by atoms with Crippen molar-refractivity contribution in [3.05, 3.63) is 71.1 Å². The summed E-state index contributed by atoms with van der Waals surface area (Å²) in [5.41, 5.74) is 5.02. The van der Waals surface area contributed by atoms with Crippen molar-refractivity contribution >= 4 is 17.8 Å². The van der Waals surface area contributed by atoms with Crippen LogP contribution in [-0.2, 0) is 17.9 Å². The highest BCUT2D eigenvalue weighted by Crippen LogP contribution is 2.31. The van der Waals surface area contributed by atoms with E-state index in [0.29, 0.717) is 32.2 Å². The summed E-state index contributed by atoms with van der Waals surface area (Å²) in [5, 5.41) is 6.52. The Morgan fingerprint density at radius 3 is 2.91 bits per heavy atom. The zero-order chi connectivity index (χ0) is 23.1. The molecule has 2 heterocycles. The molecule has 32 heavy (non-hydrogen) atoms. The van der Waals surface area contributed by atoms with Crippen LogP contribution < -0.4 is 15.4 Å². The van der Waals surface area contributed by atoms with Crippen molar-refractivity contribution in [3.63, 3.8) is 0 Å². The number of benzene rings is 1. The van der Waals surface area contributed by atoms with Crippen LogP contribution in [0.4, 0.5) is 5.82 Å². The third kappa shape index (κ3) is 5.98. The molecular formula is C26H34N4O2. The van der Waals surface area contributed by atoms with E-state index in [9.17, 15) is 4.79 Å². The zero-order valence-electron chi connectivity index (χ0n) is 19.6. The lowest BCUT2D eigenvalue weighted by Crippen LogP contribution is -2.24. The van der Waals surface area contributed by atoms with Gasteiger partial charge in [-0.2, -0.15) is 0 Å². The lowest BCUT2D eigenvalue weighted by molar-refractivity contribution is -0.125. The zero-order valence-corrected chi connectivity index (χ0v) is 19.6. The van der Waals surface area contributed by atoms with E-state index in [4.69, 9.17) is 4.74 Å². The molecule has 6 nitrogen and oxygen atoms in total. The SMILES string of the molecule is C=C1CNCc2cc(/C=C/C(=O)N(C)Cc3cccc(C(C)C)c3OCCC)cnc2N1. The van der Waals surface area contributed by atoms with Gasteiger partial charge in [0.2, 0.25) is 5.91 Å². The number of likely N-dealkylation sites (N-methyl/N-ethyl adjacent to an activating group) is 1. The smallest absolute Gasteiger partial charge is 0.246 e. The molecule has 0 bridgehead atoms. The fourth-order valence-corrected chi connectivity index (χ4v) is 3.62. The molecule has 1 amide bonds. The van der Waals surface area contributed by atoms with Crippen molar-refractivity contribution in [1.29, 1.82) is 0 Å². The molecule has 0 spiro atoms. The van der Waals surface area contributed by atoms with Crippen molar-refractivity contribution in [2.24, 2.45) is 0 Å². The van der Waals surface area contributed by atoms with Crippen LogP contribution in [0.25, 0.3) is 6.08 Å². The summed E-state index contributed by atoms with van der Waals surface area (Å²) in [6.45, 7) is 12.9. The van der Waals surface area contributed by atoms with E-state index in [1.165, 1.54) is 5.56 Å². The number of hydrogen-bond donors (Lipinski definition) is 2. The maximum absolute atomic E-state index is 12.8. The van der Waals surface area contributed by atoms with Crippen LogP contribution in [0.2, 0.25) is 0 Å². The molecule has 6 heteroatoms. The Hall–Kier alpha value is -3.12. The predicted molar refractivity (Wildman–Crippen MR) is 131 cm³/mol. The molecule has 0 radical (unpaired) electrons. The van der Waals surface area contributed by atoms with Gasteiger partial charge in [0.1, 0.15) is 11.6 Å². The summed E-state index contributed by atoms with van der Waals surface area (Å²) in [6.07, 6.45) is 6.11. The van der Waals surface area contributed by atoms with E-state index in [-0.39, 0.29) is 5.91 Å². The van der Waals surface area contributed by atoms with E-state index in [1.54, 1.807) is 17.2 Å². The summed E-state index contributed by atoms with van der Waals surface area (Å²) in [6, 6.07) is 8.21. The highest BCUT2D eigenvalue weighted by atomic mass is 16.5. The number of para-hydroxylation sites is 1. The summed E-state index contributed by atoms with van der Waals surface area (Å²) >= 11 is 0. The van der Waals surface area contributed by atoms with Crippen LogP contribution in [0.3, 0.4) is 0 Å². The lowest BCUT2D eigenvalue weighted by atomic mass is 9.98. The van der Waals surface area contributed by atoms with E-state index < -0.39 is 0 Å². The van der Waals surface area contributed by atoms with Crippen molar-refractivity contribution in [3.8, 4) is 5.75 Å². The highest BCUT2D eigenvalue weighted by Gasteiger charge is 2.16. The molecule has 0 atom stereocenters. The van der Waals surface area contributed by atoms with Crippen LogP contribution >= 0.6 is 0 Å². The largest absolute Gasteiger partial charge is 0.493 e. The van der Waals surface area contributed by atoms with Gasteiger partial charge < -0.3 is 20.3 Å². The van der Waals surface area contributed by atoms with Crippen LogP contribution in [0.5, 0.6) is 5.75 Å². The van der Waals surface area contributed by atoms with Gasteiger partial charge in [-0.1, -0.05) is 45.5 Å². The van der Waals surface area contributed by atoms with Crippen LogP contribution in [0.15, 0.2) is 48.8 Å². The molecule has 0 saturated carbocycles. The standard InChI is InChI=1S/C26H34N4O2/c1-6-12-32-25-21(8-7-9-23(25)18(2)3)17-30(5)24(31)11-10-20-13-22-16-27-14-19(4)29-26(22)28-15-20/h7-11,13,15,18,27H,4,6,12,14,16-17H2,1-3,5H3,(H,28,29)/b11-10+. The van der Waals surface area contributed by atoms with Crippen molar-refractivity contribution < 1.29 is 9.53 Å². The van der Waals surface area contributed by atoms with Gasteiger partial charge in [-0.15, -0.1) is 0 Å². The maximum atomic E-state index is 12.8. The molecule has 0 fully saturated rings. The average Bonchev–Trinajstić information content (AvgIpc) is 2.96. The fraction of sp³-hybridized carbons (Fsp3) is 0.385. The first kappa shape index (κ1) is 23.5. The van der Waals surface area contributed by atoms with Crippen LogP contribution in [0.1, 0.15) is 55.4 Å². The van der Waals surface area contributed by atoms with Gasteiger partial charge >= 0.3 is 0 Å². The Kier molecular flexibility index (Phi) is 8.06. The average molecular weight is 435 g/mol. The minimum atomic E-state index is -0.0686. The van der Waals surface area contributed by atoms with E-state index in [1.807, 2.05) is 31.3 Å². The molecular weight excluding hydrogens is 400 g/mol. The number of fused-ring (bicyclic) bond motifs is 1. The highest BCUT2D eigenvalue weighted by molar-refractivity contribution is 5.91. The lowest BCUT2D eigenvalue weighted by Gasteiger charge is -2.21. The number of carbonyl (C=O) groups excluding carboxylic acids is 1. The topological polar surface area (TPSA) is 66.5 Å². The number of rotatable bonds is 8. The predicted octanol–water partition coefficient (Wildman–Crippen LogP) is 4.69. The number of nitrogens with zero attached hydrogens (tertiary/aromatic N) is 2. The first-order valence-electron chi connectivity index (χ1n) is 11.2. The molecule has 3 rings (SSSR count). The third-order valence-corrected chi connectivity index (χ3v) is 5.34. The third-order valence-electron chi connectivity index (χ3n) is 5.34. The molecule has 2 N–H and O–H groups in total. The molecule has 2 aromatic rings. The molecule has 1 aliphatic rings. The first-order chi connectivity index (χ1) is 15.4. The first-order valence-corrected chi connectivity index (χ1v) is 11.2. The maximum Gasteiger partial charge on any atom is 0.246 e. The number of anilines is 1. The Balaban J connectivity index is 1.71. The van der Waals surface area contributed by atoms with E-state index in [2.05, 4.69) is 49.0 Å². The van der Waals surface area contributed by atoms with Crippen LogP contribution in [-0.4, -0.2) is 36.0 Å². The second-order valence-electron chi connectivity index (χ2n) is 8.47. The number of amides is 1. The summed E-state index contributed by atoms with van der Waals surface area (Å²) in [4.78, 5) is 19.0. The molecule has 0 unspecified atom stereocenters. The number of nitrogens with one attached hydrogen (secondary N) is 2. The number of carbonyl (C=O) groups is 1. The van der Waals surface area contributed by atoms with Crippen molar-refractivity contribution in [1.82, 2.24) is 15.2 Å². The van der Waals surface area contributed by atoms with Gasteiger partial charge in [0.05, 0.1) is 6.61 Å².